The van der Waals surface area contributed by atoms with Crippen LogP contribution in [0.4, 0.5) is 4.39 Å². The molecule has 1 N–H and O–H groups in total. The third-order valence-electron chi connectivity index (χ3n) is 4.36. The number of rotatable bonds is 6. The number of amides is 1. The molecule has 1 aromatic carbocycles. The number of β-amino-alcohol motifs (C(OH)–C–C–N with tert-alkyl or cyclic N) is 1. The van der Waals surface area contributed by atoms with E-state index in [2.05, 4.69) is 18.7 Å². The van der Waals surface area contributed by atoms with Gasteiger partial charge in [-0.15, -0.1) is 0 Å². The summed E-state index contributed by atoms with van der Waals surface area (Å²) in [6, 6.07) is 6.33. The van der Waals surface area contributed by atoms with Crippen molar-refractivity contribution >= 4 is 5.91 Å². The molecule has 1 fully saturated rings. The first-order chi connectivity index (χ1) is 11.0. The molecule has 1 aromatic rings. The molecule has 0 saturated carbocycles. The highest BCUT2D eigenvalue weighted by atomic mass is 19.1. The Morgan fingerprint density at radius 1 is 1.22 bits per heavy atom. The molecule has 1 unspecified atom stereocenters. The summed E-state index contributed by atoms with van der Waals surface area (Å²) in [5.41, 5.74) is 0.336. The molecule has 4 nitrogen and oxygen atoms in total. The molecule has 0 radical (unpaired) electrons. The Labute approximate surface area is 137 Å². The van der Waals surface area contributed by atoms with Crippen LogP contribution in [0.3, 0.4) is 0 Å². The zero-order chi connectivity index (χ0) is 16.8. The third kappa shape index (κ3) is 5.29. The van der Waals surface area contributed by atoms with Crippen molar-refractivity contribution in [3.63, 3.8) is 0 Å². The first kappa shape index (κ1) is 17.9. The molecule has 1 heterocycles. The lowest BCUT2D eigenvalue weighted by molar-refractivity contribution is -0.133. The van der Waals surface area contributed by atoms with Crippen molar-refractivity contribution in [1.82, 2.24) is 9.80 Å². The van der Waals surface area contributed by atoms with E-state index in [-0.39, 0.29) is 11.7 Å². The number of hydrogen-bond acceptors (Lipinski definition) is 3. The molecule has 2 rings (SSSR count). The van der Waals surface area contributed by atoms with Crippen LogP contribution in [-0.2, 0) is 4.79 Å². The van der Waals surface area contributed by atoms with E-state index < -0.39 is 6.10 Å². The van der Waals surface area contributed by atoms with Crippen molar-refractivity contribution in [3.05, 3.63) is 35.6 Å². The van der Waals surface area contributed by atoms with Gasteiger partial charge in [0.2, 0.25) is 5.91 Å². The maximum Gasteiger partial charge on any atom is 0.222 e. The molecule has 128 valence electrons. The smallest absolute Gasteiger partial charge is 0.222 e. The lowest BCUT2D eigenvalue weighted by Crippen LogP contribution is -2.49. The molecule has 1 atom stereocenters. The zero-order valence-corrected chi connectivity index (χ0v) is 14.0. The Balaban J connectivity index is 1.78. The summed E-state index contributed by atoms with van der Waals surface area (Å²) < 4.78 is 13.7. The fourth-order valence-corrected chi connectivity index (χ4v) is 2.84. The number of piperazine rings is 1. The Bertz CT molecular complexity index is 513. The Morgan fingerprint density at radius 3 is 2.48 bits per heavy atom. The fourth-order valence-electron chi connectivity index (χ4n) is 2.84. The lowest BCUT2D eigenvalue weighted by Gasteiger charge is -2.35. The average Bonchev–Trinajstić information content (AvgIpc) is 2.53. The van der Waals surface area contributed by atoms with E-state index in [0.717, 1.165) is 19.5 Å². The standard InChI is InChI=1S/C18H27FN2O2/c1-14(2)7-8-18(23)21-11-9-20(10-12-21)13-17(22)15-5-3-4-6-16(15)19/h3-6,14,17,22H,7-13H2,1-2H3. The maximum absolute atomic E-state index is 13.7. The summed E-state index contributed by atoms with van der Waals surface area (Å²) in [5, 5.41) is 10.2. The van der Waals surface area contributed by atoms with Gasteiger partial charge in [0.25, 0.3) is 0 Å². The van der Waals surface area contributed by atoms with Gasteiger partial charge in [0, 0.05) is 44.7 Å². The molecule has 1 aliphatic heterocycles. The van der Waals surface area contributed by atoms with Crippen LogP contribution in [0.15, 0.2) is 24.3 Å². The minimum atomic E-state index is -0.834. The monoisotopic (exact) mass is 322 g/mol. The van der Waals surface area contributed by atoms with Crippen molar-refractivity contribution in [1.29, 1.82) is 0 Å². The van der Waals surface area contributed by atoms with E-state index >= 15 is 0 Å². The molecule has 1 aliphatic rings. The van der Waals surface area contributed by atoms with Crippen LogP contribution in [0, 0.1) is 11.7 Å². The Morgan fingerprint density at radius 2 is 1.87 bits per heavy atom. The molecule has 0 spiro atoms. The van der Waals surface area contributed by atoms with Gasteiger partial charge in [-0.05, 0) is 18.4 Å². The van der Waals surface area contributed by atoms with E-state index in [1.54, 1.807) is 18.2 Å². The number of nitrogens with zero attached hydrogens (tertiary/aromatic N) is 2. The number of carbonyl (C=O) groups is 1. The summed E-state index contributed by atoms with van der Waals surface area (Å²) in [6.45, 7) is 7.44. The highest BCUT2D eigenvalue weighted by Gasteiger charge is 2.23. The normalized spacial score (nSPS) is 17.5. The number of halogens is 1. The van der Waals surface area contributed by atoms with E-state index in [4.69, 9.17) is 0 Å². The molecular formula is C18H27FN2O2. The second-order valence-electron chi connectivity index (χ2n) is 6.65. The molecule has 0 bridgehead atoms. The second kappa shape index (κ2) is 8.41. The summed E-state index contributed by atoms with van der Waals surface area (Å²) in [6.07, 6.45) is 0.694. The zero-order valence-electron chi connectivity index (χ0n) is 14.0. The first-order valence-corrected chi connectivity index (χ1v) is 8.40. The van der Waals surface area contributed by atoms with Crippen LogP contribution < -0.4 is 0 Å². The summed E-state index contributed by atoms with van der Waals surface area (Å²) in [4.78, 5) is 16.1. The topological polar surface area (TPSA) is 43.8 Å². The van der Waals surface area contributed by atoms with Gasteiger partial charge in [-0.25, -0.2) is 4.39 Å². The predicted molar refractivity (Wildman–Crippen MR) is 88.5 cm³/mol. The van der Waals surface area contributed by atoms with Gasteiger partial charge < -0.3 is 10.0 Å². The Kier molecular flexibility index (Phi) is 6.54. The molecule has 5 heteroatoms. The van der Waals surface area contributed by atoms with Crippen LogP contribution in [0.2, 0.25) is 0 Å². The van der Waals surface area contributed by atoms with Crippen LogP contribution in [0.5, 0.6) is 0 Å². The molecule has 0 aromatic heterocycles. The van der Waals surface area contributed by atoms with Crippen LogP contribution >= 0.6 is 0 Å². The van der Waals surface area contributed by atoms with Crippen molar-refractivity contribution in [2.45, 2.75) is 32.8 Å². The second-order valence-corrected chi connectivity index (χ2v) is 6.65. The number of hydrogen-bond donors (Lipinski definition) is 1. The van der Waals surface area contributed by atoms with Gasteiger partial charge in [-0.3, -0.25) is 9.69 Å². The largest absolute Gasteiger partial charge is 0.387 e. The number of aliphatic hydroxyl groups is 1. The van der Waals surface area contributed by atoms with Crippen molar-refractivity contribution < 1.29 is 14.3 Å². The van der Waals surface area contributed by atoms with E-state index in [1.165, 1.54) is 6.07 Å². The van der Waals surface area contributed by atoms with Crippen LogP contribution in [-0.4, -0.2) is 53.5 Å². The summed E-state index contributed by atoms with van der Waals surface area (Å²) in [5.74, 6) is 0.381. The van der Waals surface area contributed by atoms with Gasteiger partial charge in [0.05, 0.1) is 6.10 Å². The minimum Gasteiger partial charge on any atom is -0.387 e. The summed E-state index contributed by atoms with van der Waals surface area (Å²) >= 11 is 0. The molecule has 0 aliphatic carbocycles. The third-order valence-corrected chi connectivity index (χ3v) is 4.36. The SMILES string of the molecule is CC(C)CCC(=O)N1CCN(CC(O)c2ccccc2F)CC1. The Hall–Kier alpha value is -1.46. The predicted octanol–water partition coefficient (Wildman–Crippen LogP) is 2.44. The van der Waals surface area contributed by atoms with Gasteiger partial charge in [0.15, 0.2) is 0 Å². The van der Waals surface area contributed by atoms with Gasteiger partial charge in [-0.2, -0.15) is 0 Å². The lowest BCUT2D eigenvalue weighted by atomic mass is 10.1. The highest BCUT2D eigenvalue weighted by Crippen LogP contribution is 2.18. The van der Waals surface area contributed by atoms with Crippen molar-refractivity contribution in [2.75, 3.05) is 32.7 Å². The number of carbonyl (C=O) groups excluding carboxylic acids is 1. The minimum absolute atomic E-state index is 0.216. The average molecular weight is 322 g/mol. The van der Waals surface area contributed by atoms with Gasteiger partial charge in [0.1, 0.15) is 5.82 Å². The molecule has 1 amide bonds. The number of benzene rings is 1. The van der Waals surface area contributed by atoms with Crippen LogP contribution in [0.25, 0.3) is 0 Å². The molecular weight excluding hydrogens is 295 g/mol. The summed E-state index contributed by atoms with van der Waals surface area (Å²) in [7, 11) is 0. The van der Waals surface area contributed by atoms with E-state index in [1.807, 2.05) is 4.90 Å². The number of aliphatic hydroxyl groups excluding tert-OH is 1. The maximum atomic E-state index is 13.7. The van der Waals surface area contributed by atoms with Crippen molar-refractivity contribution in [2.24, 2.45) is 5.92 Å². The van der Waals surface area contributed by atoms with Gasteiger partial charge >= 0.3 is 0 Å². The quantitative estimate of drug-likeness (QED) is 0.875. The van der Waals surface area contributed by atoms with Crippen LogP contribution in [0.1, 0.15) is 38.4 Å². The van der Waals surface area contributed by atoms with Gasteiger partial charge in [-0.1, -0.05) is 32.0 Å². The molecule has 1 saturated heterocycles. The fraction of sp³-hybridized carbons (Fsp3) is 0.611. The highest BCUT2D eigenvalue weighted by molar-refractivity contribution is 5.76. The first-order valence-electron chi connectivity index (χ1n) is 8.40. The molecule has 23 heavy (non-hydrogen) atoms. The van der Waals surface area contributed by atoms with Crippen molar-refractivity contribution in [3.8, 4) is 0 Å². The van der Waals surface area contributed by atoms with E-state index in [9.17, 15) is 14.3 Å². The van der Waals surface area contributed by atoms with E-state index in [0.29, 0.717) is 37.5 Å².